The highest BCUT2D eigenvalue weighted by Crippen LogP contribution is 2.68. The summed E-state index contributed by atoms with van der Waals surface area (Å²) in [6.07, 6.45) is 12.1. The average Bonchev–Trinajstić information content (AvgIpc) is 3.54. The van der Waals surface area contributed by atoms with Crippen LogP contribution in [0.1, 0.15) is 111 Å². The summed E-state index contributed by atoms with van der Waals surface area (Å²) >= 11 is 0. The van der Waals surface area contributed by atoms with E-state index in [1.165, 1.54) is 37.0 Å². The second kappa shape index (κ2) is 23.2. The van der Waals surface area contributed by atoms with Gasteiger partial charge in [0.25, 0.3) is 0 Å². The highest BCUT2D eigenvalue weighted by atomic mass is 16.5. The lowest BCUT2D eigenvalue weighted by atomic mass is 9.44. The first-order valence-electron chi connectivity index (χ1n) is 22.6. The Morgan fingerprint density at radius 2 is 1.23 bits per heavy atom. The van der Waals surface area contributed by atoms with Gasteiger partial charge in [0, 0.05) is 39.1 Å². The number of nitrogens with one attached hydrogen (secondary N) is 1. The molecule has 0 aromatic rings. The van der Waals surface area contributed by atoms with Crippen LogP contribution in [0.2, 0.25) is 0 Å². The molecule has 18 heteroatoms. The molecule has 18 nitrogen and oxygen atoms in total. The standard InChI is InChI=1S/C44H72N4O14/c1-28(7-12-37(50)51)32-10-11-33-31-9-8-29-22-30(13-15-43(29,2)34(31)14-16-44(32,33)3)62-27-36(49)45-17-5-4-6-35(42(60)61)48(20-18-46(23-38(52)53)24-39(54)55)21-19-47(25-40(56)57)26-41(58)59/h28-35H,4-27H2,1-3H3,(H,45,49)(H,50,51)(H,52,53)(H,54,55)(H,56,57)(H,58,59)(H,60,61)/t28?,29-,30-,31?,32-,33?,34?,35+,43+,44-/m1/s1. The Kier molecular flexibility index (Phi) is 19.0. The Morgan fingerprint density at radius 3 is 1.77 bits per heavy atom. The van der Waals surface area contributed by atoms with Crippen LogP contribution >= 0.6 is 0 Å². The van der Waals surface area contributed by atoms with Crippen LogP contribution in [-0.4, -0.2) is 165 Å². The van der Waals surface area contributed by atoms with E-state index in [2.05, 4.69) is 26.1 Å². The number of ether oxygens (including phenoxy) is 1. The van der Waals surface area contributed by atoms with E-state index in [4.69, 9.17) is 4.74 Å². The van der Waals surface area contributed by atoms with Gasteiger partial charge in [-0.05, 0) is 130 Å². The van der Waals surface area contributed by atoms with Crippen molar-refractivity contribution in [1.82, 2.24) is 20.0 Å². The molecular weight excluding hydrogens is 808 g/mol. The molecule has 10 atom stereocenters. The number of rotatable bonds is 28. The third-order valence-corrected chi connectivity index (χ3v) is 15.4. The molecule has 352 valence electrons. The number of nitrogens with zero attached hydrogens (tertiary/aromatic N) is 3. The second-order valence-electron chi connectivity index (χ2n) is 19.2. The molecule has 62 heavy (non-hydrogen) atoms. The fraction of sp³-hybridized carbons (Fsp3) is 0.841. The van der Waals surface area contributed by atoms with Crippen LogP contribution in [-0.2, 0) is 38.3 Å². The van der Waals surface area contributed by atoms with Crippen molar-refractivity contribution in [3.63, 3.8) is 0 Å². The average molecular weight is 881 g/mol. The van der Waals surface area contributed by atoms with E-state index in [1.54, 1.807) is 0 Å². The Morgan fingerprint density at radius 1 is 0.661 bits per heavy atom. The zero-order chi connectivity index (χ0) is 45.8. The third-order valence-electron chi connectivity index (χ3n) is 15.4. The predicted octanol–water partition coefficient (Wildman–Crippen LogP) is 3.52. The van der Waals surface area contributed by atoms with Gasteiger partial charge in [0.15, 0.2) is 0 Å². The molecule has 0 saturated heterocycles. The molecule has 0 aromatic carbocycles. The van der Waals surface area contributed by atoms with Gasteiger partial charge in [-0.25, -0.2) is 0 Å². The van der Waals surface area contributed by atoms with Crippen molar-refractivity contribution >= 4 is 41.7 Å². The van der Waals surface area contributed by atoms with Gasteiger partial charge >= 0.3 is 35.8 Å². The van der Waals surface area contributed by atoms with Gasteiger partial charge in [-0.3, -0.25) is 48.3 Å². The highest BCUT2D eigenvalue weighted by Gasteiger charge is 2.60. The number of aliphatic carboxylic acids is 6. The van der Waals surface area contributed by atoms with E-state index in [0.717, 1.165) is 41.9 Å². The van der Waals surface area contributed by atoms with Crippen molar-refractivity contribution in [2.24, 2.45) is 46.3 Å². The van der Waals surface area contributed by atoms with Gasteiger partial charge in [0.05, 0.1) is 32.3 Å². The Labute approximate surface area is 364 Å². The maximum absolute atomic E-state index is 12.9. The summed E-state index contributed by atoms with van der Waals surface area (Å²) in [5.74, 6) is -3.64. The monoisotopic (exact) mass is 881 g/mol. The van der Waals surface area contributed by atoms with Crippen molar-refractivity contribution < 1.29 is 68.9 Å². The number of amides is 1. The lowest BCUT2D eigenvalue weighted by Gasteiger charge is -2.61. The summed E-state index contributed by atoms with van der Waals surface area (Å²) < 4.78 is 6.19. The summed E-state index contributed by atoms with van der Waals surface area (Å²) in [7, 11) is 0. The molecule has 4 saturated carbocycles. The molecular formula is C44H72N4O14. The maximum Gasteiger partial charge on any atom is 0.320 e. The molecule has 7 N–H and O–H groups in total. The van der Waals surface area contributed by atoms with E-state index in [1.807, 2.05) is 0 Å². The first-order valence-corrected chi connectivity index (χ1v) is 22.6. The number of unbranched alkanes of at least 4 members (excludes halogenated alkanes) is 1. The zero-order valence-corrected chi connectivity index (χ0v) is 36.9. The maximum atomic E-state index is 12.9. The van der Waals surface area contributed by atoms with Crippen molar-refractivity contribution in [1.29, 1.82) is 0 Å². The lowest BCUT2D eigenvalue weighted by molar-refractivity contribution is -0.146. The number of hydrogen-bond donors (Lipinski definition) is 7. The number of carboxylic acids is 6. The first-order chi connectivity index (χ1) is 29.2. The van der Waals surface area contributed by atoms with Crippen LogP contribution in [0.5, 0.6) is 0 Å². The zero-order valence-electron chi connectivity index (χ0n) is 36.9. The van der Waals surface area contributed by atoms with Gasteiger partial charge < -0.3 is 40.7 Å². The molecule has 0 heterocycles. The van der Waals surface area contributed by atoms with Crippen LogP contribution < -0.4 is 5.32 Å². The van der Waals surface area contributed by atoms with E-state index in [-0.39, 0.29) is 75.0 Å². The van der Waals surface area contributed by atoms with Crippen LogP contribution in [0, 0.1) is 46.3 Å². The van der Waals surface area contributed by atoms with Crippen molar-refractivity contribution in [3.8, 4) is 0 Å². The normalized spacial score (nSPS) is 29.0. The van der Waals surface area contributed by atoms with Crippen LogP contribution in [0.25, 0.3) is 0 Å². The molecule has 0 spiro atoms. The number of fused-ring (bicyclic) bond motifs is 5. The molecule has 0 aliphatic heterocycles. The summed E-state index contributed by atoms with van der Waals surface area (Å²) in [6.45, 7) is 4.63. The minimum absolute atomic E-state index is 0.00123. The minimum Gasteiger partial charge on any atom is -0.481 e. The Balaban J connectivity index is 1.24. The smallest absolute Gasteiger partial charge is 0.320 e. The molecule has 0 aromatic heterocycles. The first kappa shape index (κ1) is 50.8. The van der Waals surface area contributed by atoms with Gasteiger partial charge in [0.1, 0.15) is 12.6 Å². The fourth-order valence-electron chi connectivity index (χ4n) is 12.5. The van der Waals surface area contributed by atoms with Crippen LogP contribution in [0.4, 0.5) is 0 Å². The van der Waals surface area contributed by atoms with Gasteiger partial charge in [0.2, 0.25) is 5.91 Å². The summed E-state index contributed by atoms with van der Waals surface area (Å²) in [4.78, 5) is 85.8. The van der Waals surface area contributed by atoms with Crippen molar-refractivity contribution in [2.75, 3.05) is 65.5 Å². The van der Waals surface area contributed by atoms with E-state index in [0.29, 0.717) is 48.3 Å². The molecule has 4 fully saturated rings. The van der Waals surface area contributed by atoms with Crippen LogP contribution in [0.15, 0.2) is 0 Å². The molecule has 4 unspecified atom stereocenters. The van der Waals surface area contributed by atoms with Gasteiger partial charge in [-0.2, -0.15) is 0 Å². The molecule has 0 bridgehead atoms. The quantitative estimate of drug-likeness (QED) is 0.0554. The molecule has 1 amide bonds. The largest absolute Gasteiger partial charge is 0.481 e. The van der Waals surface area contributed by atoms with Crippen LogP contribution in [0.3, 0.4) is 0 Å². The number of carbonyl (C=O) groups is 7. The SMILES string of the molecule is CC(CCC(=O)O)[C@H]1CCC2C3CC[C@@H]4C[C@H](OCC(=O)NCCCC[C@@H](C(=O)O)N(CCN(CC(=O)O)CC(=O)O)CCN(CC(=O)O)CC(=O)O)CC[C@]4(C)C3CC[C@@]21C. The van der Waals surface area contributed by atoms with Crippen molar-refractivity contribution in [3.05, 3.63) is 0 Å². The van der Waals surface area contributed by atoms with E-state index >= 15 is 0 Å². The van der Waals surface area contributed by atoms with Gasteiger partial charge in [-0.15, -0.1) is 0 Å². The Bertz CT molecular complexity index is 1510. The second-order valence-corrected chi connectivity index (χ2v) is 19.2. The number of carbonyl (C=O) groups excluding carboxylic acids is 1. The van der Waals surface area contributed by atoms with Crippen molar-refractivity contribution in [2.45, 2.75) is 123 Å². The topological polar surface area (TPSA) is 272 Å². The summed E-state index contributed by atoms with van der Waals surface area (Å²) in [5.41, 5.74) is 0.527. The lowest BCUT2D eigenvalue weighted by Crippen LogP contribution is -2.54. The van der Waals surface area contributed by atoms with E-state index in [9.17, 15) is 64.2 Å². The fourth-order valence-corrected chi connectivity index (χ4v) is 12.5. The molecule has 4 rings (SSSR count). The summed E-state index contributed by atoms with van der Waals surface area (Å²) in [5, 5.41) is 59.4. The highest BCUT2D eigenvalue weighted by molar-refractivity contribution is 5.77. The molecule has 4 aliphatic carbocycles. The third kappa shape index (κ3) is 14.1. The molecule has 4 aliphatic rings. The number of hydrogen-bond acceptors (Lipinski definition) is 11. The predicted molar refractivity (Wildman–Crippen MR) is 224 cm³/mol. The molecule has 0 radical (unpaired) electrons. The minimum atomic E-state index is -1.27. The van der Waals surface area contributed by atoms with E-state index < -0.39 is 68.0 Å². The number of carboxylic acid groups (broad SMARTS) is 6. The Hall–Kier alpha value is -3.87. The van der Waals surface area contributed by atoms with Gasteiger partial charge in [-0.1, -0.05) is 20.8 Å². The summed E-state index contributed by atoms with van der Waals surface area (Å²) in [6, 6.07) is -1.14.